The second-order valence-corrected chi connectivity index (χ2v) is 33.5. The lowest BCUT2D eigenvalue weighted by atomic mass is 9.95. The Kier molecular flexibility index (Phi) is 23.7. The number of hydrogen-bond acceptors (Lipinski definition) is 4. The zero-order chi connectivity index (χ0) is 89.0. The van der Waals surface area contributed by atoms with Gasteiger partial charge in [0.25, 0.3) is 0 Å². The third-order valence-corrected chi connectivity index (χ3v) is 25.1. The monoisotopic (exact) mass is 1700 g/mol. The Balaban J connectivity index is 0.000000107. The van der Waals surface area contributed by atoms with E-state index in [2.05, 4.69) is 579 Å². The van der Waals surface area contributed by atoms with Gasteiger partial charge in [0.2, 0.25) is 0 Å². The van der Waals surface area contributed by atoms with Gasteiger partial charge in [-0.3, -0.25) is 0 Å². The van der Waals surface area contributed by atoms with Crippen LogP contribution >= 0.6 is 0 Å². The van der Waals surface area contributed by atoms with Crippen LogP contribution in [0.1, 0.15) is 5.56 Å². The van der Waals surface area contributed by atoms with E-state index in [-0.39, 0.29) is 0 Å². The van der Waals surface area contributed by atoms with Crippen LogP contribution in [0.15, 0.2) is 552 Å². The van der Waals surface area contributed by atoms with Crippen LogP contribution < -0.4 is 19.6 Å². The quantitative estimate of drug-likeness (QED) is 0.0894. The predicted molar refractivity (Wildman–Crippen MR) is 571 cm³/mol. The van der Waals surface area contributed by atoms with Crippen LogP contribution in [-0.4, -0.2) is 0 Å². The first-order valence-corrected chi connectivity index (χ1v) is 45.6. The number of rotatable bonds is 16. The van der Waals surface area contributed by atoms with Gasteiger partial charge in [0.15, 0.2) is 0 Å². The molecule has 0 aliphatic carbocycles. The van der Waals surface area contributed by atoms with Gasteiger partial charge in [-0.2, -0.15) is 0 Å². The molecule has 4 heteroatoms. The number of nitrogens with zero attached hydrogens (tertiary/aromatic N) is 4. The Hall–Kier alpha value is -17.4. The van der Waals surface area contributed by atoms with Gasteiger partial charge >= 0.3 is 0 Å². The Bertz CT molecular complexity index is 8170. The van der Waals surface area contributed by atoms with Gasteiger partial charge in [-0.15, -0.1) is 0 Å². The van der Waals surface area contributed by atoms with Gasteiger partial charge < -0.3 is 19.6 Å². The van der Waals surface area contributed by atoms with Crippen molar-refractivity contribution >= 4 is 154 Å². The molecule has 0 aliphatic heterocycles. The summed E-state index contributed by atoms with van der Waals surface area (Å²) < 4.78 is 0. The normalized spacial score (nSPS) is 11.0. The van der Waals surface area contributed by atoms with Crippen molar-refractivity contribution in [2.75, 3.05) is 19.6 Å². The third-order valence-electron chi connectivity index (χ3n) is 25.1. The maximum atomic E-state index is 2.43. The fraction of sp³-hybridized carbons (Fsp3) is 0.00775. The highest BCUT2D eigenvalue weighted by Crippen LogP contribution is 2.51. The highest BCUT2D eigenvalue weighted by molar-refractivity contribution is 6.16. The molecule has 0 N–H and O–H groups in total. The van der Waals surface area contributed by atoms with E-state index < -0.39 is 0 Å². The van der Waals surface area contributed by atoms with E-state index in [1.54, 1.807) is 0 Å². The average Bonchev–Trinajstić information content (AvgIpc) is 0.745. The first-order chi connectivity index (χ1) is 65.9. The fourth-order valence-corrected chi connectivity index (χ4v) is 18.7. The van der Waals surface area contributed by atoms with Crippen LogP contribution in [0.5, 0.6) is 0 Å². The third kappa shape index (κ3) is 17.6. The molecule has 0 aromatic heterocycles. The van der Waals surface area contributed by atoms with Gasteiger partial charge in [-0.1, -0.05) is 424 Å². The number of fused-ring (bicyclic) bond motifs is 9. The molecule has 0 unspecified atom stereocenters. The minimum absolute atomic E-state index is 1.13. The molecule has 0 saturated carbocycles. The van der Waals surface area contributed by atoms with Gasteiger partial charge in [-0.05, 0) is 238 Å². The van der Waals surface area contributed by atoms with Crippen molar-refractivity contribution in [1.82, 2.24) is 0 Å². The fourth-order valence-electron chi connectivity index (χ4n) is 18.7. The van der Waals surface area contributed by atoms with Crippen molar-refractivity contribution < 1.29 is 0 Å². The summed E-state index contributed by atoms with van der Waals surface area (Å²) in [7, 11) is 0. The lowest BCUT2D eigenvalue weighted by molar-refractivity contribution is 1.28. The summed E-state index contributed by atoms with van der Waals surface area (Å²) in [6, 6.07) is 197. The van der Waals surface area contributed by atoms with E-state index in [1.165, 1.54) is 165 Å². The number of para-hydroxylation sites is 4. The summed E-state index contributed by atoms with van der Waals surface area (Å²) in [5.41, 5.74) is 24.8. The van der Waals surface area contributed by atoms with Crippen molar-refractivity contribution in [3.8, 4) is 44.5 Å². The molecule has 0 heterocycles. The van der Waals surface area contributed by atoms with Gasteiger partial charge in [0.1, 0.15) is 0 Å². The van der Waals surface area contributed by atoms with Crippen molar-refractivity contribution in [1.29, 1.82) is 0 Å². The van der Waals surface area contributed by atoms with Crippen molar-refractivity contribution in [2.24, 2.45) is 0 Å². The molecule has 0 bridgehead atoms. The van der Waals surface area contributed by atoms with Crippen molar-refractivity contribution in [3.63, 3.8) is 0 Å². The Morgan fingerprint density at radius 3 is 0.744 bits per heavy atom. The largest absolute Gasteiger partial charge is 0.310 e. The molecule has 0 saturated heterocycles. The highest BCUT2D eigenvalue weighted by atomic mass is 15.2. The molecule has 0 fully saturated rings. The summed E-state index contributed by atoms with van der Waals surface area (Å²) in [5, 5.41) is 19.8. The molecule has 133 heavy (non-hydrogen) atoms. The van der Waals surface area contributed by atoms with E-state index in [9.17, 15) is 0 Å². The van der Waals surface area contributed by atoms with E-state index in [1.807, 2.05) is 0 Å². The maximum absolute atomic E-state index is 2.43. The summed E-state index contributed by atoms with van der Waals surface area (Å²) >= 11 is 0. The molecule has 24 aromatic carbocycles. The number of aryl methyl sites for hydroxylation is 1. The lowest BCUT2D eigenvalue weighted by Gasteiger charge is -2.30. The minimum atomic E-state index is 1.13. The molecule has 24 rings (SSSR count). The van der Waals surface area contributed by atoms with Crippen LogP contribution in [0.4, 0.5) is 68.2 Å². The van der Waals surface area contributed by atoms with Crippen LogP contribution in [-0.2, 0) is 0 Å². The molecular weight excluding hydrogens is 1610 g/mol. The van der Waals surface area contributed by atoms with Crippen LogP contribution in [0.2, 0.25) is 0 Å². The first-order valence-electron chi connectivity index (χ1n) is 45.6. The lowest BCUT2D eigenvalue weighted by Crippen LogP contribution is -2.12. The zero-order valence-electron chi connectivity index (χ0n) is 73.8. The van der Waals surface area contributed by atoms with Crippen LogP contribution in [0.25, 0.3) is 131 Å². The maximum Gasteiger partial charge on any atom is 0.0546 e. The molecule has 0 radical (unpaired) electrons. The summed E-state index contributed by atoms with van der Waals surface area (Å²) in [4.78, 5) is 9.57. The van der Waals surface area contributed by atoms with Crippen molar-refractivity contribution in [2.45, 2.75) is 6.92 Å². The highest BCUT2D eigenvalue weighted by Gasteiger charge is 2.26. The topological polar surface area (TPSA) is 13.0 Å². The Labute approximate surface area is 777 Å². The van der Waals surface area contributed by atoms with Crippen molar-refractivity contribution in [3.05, 3.63) is 558 Å². The first kappa shape index (κ1) is 82.5. The van der Waals surface area contributed by atoms with Crippen LogP contribution in [0.3, 0.4) is 0 Å². The van der Waals surface area contributed by atoms with Gasteiger partial charge in [0.05, 0.1) is 34.1 Å². The van der Waals surface area contributed by atoms with E-state index in [0.717, 1.165) is 39.8 Å². The molecule has 0 aliphatic rings. The minimum Gasteiger partial charge on any atom is -0.310 e. The predicted octanol–water partition coefficient (Wildman–Crippen LogP) is 36.8. The standard InChI is InChI=1S/C36H25N.2C32H23N.C29H23N/c1-3-13-26(14-4-1)34-23-27-15-7-8-16-28(27)24-36(34)37(30-18-5-2-6-19-30)35-25-29-17-9-10-20-31(29)32-21-11-12-22-33(32)35;1-3-12-25(13-4-1)30-22-26-15-7-8-16-27(26)23-32(30)33(28-18-5-2-6-19-28)31-21-11-17-24-14-9-10-20-29(24)31;1-3-12-25(13-4-1)31-22-27-15-9-10-16-28(27)23-32(31)33(29-17-5-2-6-18-29)30-20-19-24-11-7-8-14-26(24)21-30;1-22-16-18-27(19-17-22)30(26-14-6-3-7-15-26)29-21-25-13-9-8-12-24(25)20-28(29)23-10-4-2-5-11-23/h1-25H;2*1-23H;2-21H,1H3. The van der Waals surface area contributed by atoms with Crippen LogP contribution in [0, 0.1) is 6.92 Å². The number of benzene rings is 24. The molecule has 0 amide bonds. The van der Waals surface area contributed by atoms with E-state index in [4.69, 9.17) is 0 Å². The molecule has 630 valence electrons. The summed E-state index contributed by atoms with van der Waals surface area (Å²) in [6.45, 7) is 2.13. The molecular formula is C129H94N4. The molecule has 4 nitrogen and oxygen atoms in total. The summed E-state index contributed by atoms with van der Waals surface area (Å²) in [5.74, 6) is 0. The number of hydrogen-bond donors (Lipinski definition) is 0. The van der Waals surface area contributed by atoms with E-state index >= 15 is 0 Å². The zero-order valence-corrected chi connectivity index (χ0v) is 73.8. The Morgan fingerprint density at radius 2 is 0.361 bits per heavy atom. The van der Waals surface area contributed by atoms with Gasteiger partial charge in [0, 0.05) is 67.2 Å². The molecule has 0 atom stereocenters. The molecule has 24 aromatic rings. The average molecular weight is 1700 g/mol. The number of anilines is 12. The van der Waals surface area contributed by atoms with E-state index in [0.29, 0.717) is 0 Å². The second kappa shape index (κ2) is 38.2. The SMILES string of the molecule is Cc1ccc(N(c2ccccc2)c2cc3ccccc3cc2-c2ccccc2)cc1.c1ccc(-c2cc3ccccc3cc2N(c2ccccc2)c2cc3ccccc3c3ccccc23)cc1.c1ccc(-c2cc3ccccc3cc2N(c2ccccc2)c2ccc3ccccc3c2)cc1.c1ccc(-c2cc3ccccc3cc2N(c2ccccc2)c2cccc3ccccc23)cc1. The molecule has 0 spiro atoms. The second-order valence-electron chi connectivity index (χ2n) is 33.5. The smallest absolute Gasteiger partial charge is 0.0546 e. The Morgan fingerprint density at radius 1 is 0.120 bits per heavy atom. The summed E-state index contributed by atoms with van der Waals surface area (Å²) in [6.07, 6.45) is 0. The van der Waals surface area contributed by atoms with Gasteiger partial charge in [-0.25, -0.2) is 0 Å².